The van der Waals surface area contributed by atoms with E-state index in [9.17, 15) is 8.42 Å². The Labute approximate surface area is 176 Å². The molecule has 0 saturated carbocycles. The van der Waals surface area contributed by atoms with E-state index < -0.39 is 10.0 Å². The van der Waals surface area contributed by atoms with Crippen molar-refractivity contribution in [1.29, 1.82) is 0 Å². The van der Waals surface area contributed by atoms with Gasteiger partial charge in [0, 0.05) is 42.5 Å². The molecule has 0 bridgehead atoms. The van der Waals surface area contributed by atoms with Crippen molar-refractivity contribution in [3.63, 3.8) is 0 Å². The van der Waals surface area contributed by atoms with E-state index in [0.717, 1.165) is 29.2 Å². The van der Waals surface area contributed by atoms with Crippen LogP contribution in [-0.4, -0.2) is 57.1 Å². The van der Waals surface area contributed by atoms with Crippen molar-refractivity contribution >= 4 is 10.0 Å². The quantitative estimate of drug-likeness (QED) is 0.593. The van der Waals surface area contributed by atoms with Crippen LogP contribution in [0.2, 0.25) is 0 Å². The van der Waals surface area contributed by atoms with Crippen LogP contribution in [0.5, 0.6) is 0 Å². The fraction of sp³-hybridized carbons (Fsp3) is 0.450. The van der Waals surface area contributed by atoms with E-state index in [4.69, 9.17) is 4.98 Å². The van der Waals surface area contributed by atoms with Crippen molar-refractivity contribution in [2.45, 2.75) is 45.4 Å². The molecule has 3 heterocycles. The number of likely N-dealkylation sites (tertiary alicyclic amines) is 1. The molecule has 1 aliphatic rings. The lowest BCUT2D eigenvalue weighted by Gasteiger charge is -2.22. The van der Waals surface area contributed by atoms with Crippen molar-refractivity contribution in [3.8, 4) is 11.4 Å². The summed E-state index contributed by atoms with van der Waals surface area (Å²) in [4.78, 5) is 6.96. The second-order valence-corrected chi connectivity index (χ2v) is 9.53. The number of aromatic nitrogens is 5. The summed E-state index contributed by atoms with van der Waals surface area (Å²) >= 11 is 0. The summed E-state index contributed by atoms with van der Waals surface area (Å²) < 4.78 is 28.3. The summed E-state index contributed by atoms with van der Waals surface area (Å²) in [5, 5.41) is 11.9. The van der Waals surface area contributed by atoms with E-state index in [2.05, 4.69) is 38.8 Å². The highest BCUT2D eigenvalue weighted by atomic mass is 32.2. The van der Waals surface area contributed by atoms with Gasteiger partial charge in [-0.05, 0) is 20.3 Å². The Morgan fingerprint density at radius 2 is 2.03 bits per heavy atom. The monoisotopic (exact) mass is 429 g/mol. The van der Waals surface area contributed by atoms with Gasteiger partial charge >= 0.3 is 0 Å². The number of rotatable bonds is 7. The van der Waals surface area contributed by atoms with Gasteiger partial charge in [-0.15, -0.1) is 0 Å². The van der Waals surface area contributed by atoms with Crippen LogP contribution < -0.4 is 4.72 Å². The van der Waals surface area contributed by atoms with Crippen LogP contribution in [0, 0.1) is 6.92 Å². The zero-order valence-electron chi connectivity index (χ0n) is 17.4. The highest BCUT2D eigenvalue weighted by Crippen LogP contribution is 2.33. The number of benzene rings is 1. The summed E-state index contributed by atoms with van der Waals surface area (Å²) in [6, 6.07) is 9.54. The lowest BCUT2D eigenvalue weighted by atomic mass is 10.1. The van der Waals surface area contributed by atoms with E-state index in [1.165, 1.54) is 6.26 Å². The normalized spacial score (nSPS) is 20.1. The molecule has 3 aromatic rings. The van der Waals surface area contributed by atoms with Gasteiger partial charge in [0.1, 0.15) is 5.82 Å². The van der Waals surface area contributed by atoms with Crippen molar-refractivity contribution in [2.24, 2.45) is 0 Å². The molecule has 160 valence electrons. The number of H-pyrrole nitrogens is 1. The molecule has 30 heavy (non-hydrogen) atoms. The molecule has 2 N–H and O–H groups in total. The zero-order valence-corrected chi connectivity index (χ0v) is 18.2. The molecule has 0 amide bonds. The molecule has 1 aromatic carbocycles. The maximum absolute atomic E-state index is 11.8. The Hall–Kier alpha value is -2.56. The second kappa shape index (κ2) is 8.29. The summed E-state index contributed by atoms with van der Waals surface area (Å²) in [6.45, 7) is 6.20. The van der Waals surface area contributed by atoms with E-state index in [0.29, 0.717) is 25.3 Å². The third-order valence-corrected chi connectivity index (χ3v) is 6.27. The molecule has 9 nitrogen and oxygen atoms in total. The maximum atomic E-state index is 11.8. The third kappa shape index (κ3) is 4.45. The number of aromatic amines is 1. The van der Waals surface area contributed by atoms with E-state index in [1.807, 2.05) is 41.2 Å². The fourth-order valence-corrected chi connectivity index (χ4v) is 4.84. The predicted octanol–water partition coefficient (Wildman–Crippen LogP) is 1.86. The molecule has 1 saturated heterocycles. The Morgan fingerprint density at radius 3 is 2.70 bits per heavy atom. The summed E-state index contributed by atoms with van der Waals surface area (Å²) in [7, 11) is -3.29. The molecule has 2 atom stereocenters. The van der Waals surface area contributed by atoms with E-state index in [-0.39, 0.29) is 12.1 Å². The standard InChI is InChI=1S/C20H27N7O2S/c1-4-27-14(2)16(11-21-27)12-26-13-17(25-30(3,28)29)10-18(26)20-22-19(23-24-20)15-8-6-5-7-9-15/h5-9,11,17-18,25H,4,10,12-13H2,1-3H3,(H,22,23,24)/t17-,18-/m0/s1. The van der Waals surface area contributed by atoms with Gasteiger partial charge in [0.05, 0.1) is 18.5 Å². The predicted molar refractivity (Wildman–Crippen MR) is 114 cm³/mol. The van der Waals surface area contributed by atoms with Gasteiger partial charge in [-0.25, -0.2) is 18.1 Å². The number of sulfonamides is 1. The first-order valence-electron chi connectivity index (χ1n) is 10.0. The van der Waals surface area contributed by atoms with Crippen molar-refractivity contribution in [1.82, 2.24) is 34.6 Å². The van der Waals surface area contributed by atoms with Crippen LogP contribution in [0.4, 0.5) is 0 Å². The van der Waals surface area contributed by atoms with Gasteiger partial charge in [-0.1, -0.05) is 30.3 Å². The van der Waals surface area contributed by atoms with E-state index in [1.54, 1.807) is 0 Å². The third-order valence-electron chi connectivity index (χ3n) is 5.51. The lowest BCUT2D eigenvalue weighted by Crippen LogP contribution is -2.36. The van der Waals surface area contributed by atoms with Crippen LogP contribution in [0.25, 0.3) is 11.4 Å². The summed E-state index contributed by atoms with van der Waals surface area (Å²) in [5.74, 6) is 1.38. The minimum atomic E-state index is -3.29. The average molecular weight is 430 g/mol. The largest absolute Gasteiger partial charge is 0.287 e. The SMILES string of the molecule is CCn1ncc(CN2C[C@@H](NS(C)(=O)=O)C[C@H]2c2nc(-c3ccccc3)n[nH]2)c1C. The number of hydrogen-bond acceptors (Lipinski definition) is 6. The van der Waals surface area contributed by atoms with Gasteiger partial charge in [0.15, 0.2) is 5.82 Å². The molecule has 1 aliphatic heterocycles. The van der Waals surface area contributed by atoms with E-state index >= 15 is 0 Å². The van der Waals surface area contributed by atoms with Crippen LogP contribution in [0.15, 0.2) is 36.5 Å². The Morgan fingerprint density at radius 1 is 1.27 bits per heavy atom. The van der Waals surface area contributed by atoms with Gasteiger partial charge in [0.2, 0.25) is 10.0 Å². The summed E-state index contributed by atoms with van der Waals surface area (Å²) in [6.07, 6.45) is 3.71. The Balaban J connectivity index is 1.60. The highest BCUT2D eigenvalue weighted by Gasteiger charge is 2.37. The van der Waals surface area contributed by atoms with Crippen molar-refractivity contribution < 1.29 is 8.42 Å². The molecular weight excluding hydrogens is 402 g/mol. The second-order valence-electron chi connectivity index (χ2n) is 7.75. The topological polar surface area (TPSA) is 109 Å². The molecule has 2 aromatic heterocycles. The molecule has 10 heteroatoms. The minimum absolute atomic E-state index is 0.0708. The first kappa shape index (κ1) is 20.7. The molecule has 0 spiro atoms. The molecule has 0 radical (unpaired) electrons. The smallest absolute Gasteiger partial charge is 0.208 e. The Bertz CT molecular complexity index is 1110. The maximum Gasteiger partial charge on any atom is 0.208 e. The first-order valence-corrected chi connectivity index (χ1v) is 11.9. The minimum Gasteiger partial charge on any atom is -0.287 e. The van der Waals surface area contributed by atoms with Gasteiger partial charge in [-0.2, -0.15) is 10.2 Å². The molecule has 4 rings (SSSR count). The molecule has 1 fully saturated rings. The Kier molecular flexibility index (Phi) is 5.72. The van der Waals surface area contributed by atoms with Crippen LogP contribution in [0.1, 0.15) is 36.5 Å². The average Bonchev–Trinajstić information content (AvgIpc) is 3.41. The van der Waals surface area contributed by atoms with Gasteiger partial charge in [0.25, 0.3) is 0 Å². The van der Waals surface area contributed by atoms with Gasteiger partial charge in [-0.3, -0.25) is 14.7 Å². The zero-order chi connectivity index (χ0) is 21.3. The van der Waals surface area contributed by atoms with Crippen molar-refractivity contribution in [3.05, 3.63) is 53.6 Å². The van der Waals surface area contributed by atoms with Crippen LogP contribution in [0.3, 0.4) is 0 Å². The lowest BCUT2D eigenvalue weighted by molar-refractivity contribution is 0.238. The molecule has 0 aliphatic carbocycles. The van der Waals surface area contributed by atoms with Gasteiger partial charge < -0.3 is 0 Å². The summed E-state index contributed by atoms with van der Waals surface area (Å²) in [5.41, 5.74) is 3.19. The number of nitrogens with one attached hydrogen (secondary N) is 2. The highest BCUT2D eigenvalue weighted by molar-refractivity contribution is 7.88. The molecular formula is C20H27N7O2S. The van der Waals surface area contributed by atoms with Crippen LogP contribution >= 0.6 is 0 Å². The number of nitrogens with zero attached hydrogens (tertiary/aromatic N) is 5. The number of aryl methyl sites for hydroxylation is 1. The van der Waals surface area contributed by atoms with Crippen molar-refractivity contribution in [2.75, 3.05) is 12.8 Å². The first-order chi connectivity index (χ1) is 14.3. The van der Waals surface area contributed by atoms with Crippen LogP contribution in [-0.2, 0) is 23.1 Å². The fourth-order valence-electron chi connectivity index (χ4n) is 4.07. The molecule has 0 unspecified atom stereocenters. The number of hydrogen-bond donors (Lipinski definition) is 2.